The molecule has 1 N–H and O–H groups in total. The third kappa shape index (κ3) is 2.96. The lowest BCUT2D eigenvalue weighted by Gasteiger charge is -2.26. The smallest absolute Gasteiger partial charge is 0.108 e. The molecule has 1 aliphatic heterocycles. The van der Waals surface area contributed by atoms with Gasteiger partial charge in [0.05, 0.1) is 24.6 Å². The van der Waals surface area contributed by atoms with Crippen molar-refractivity contribution in [2.75, 3.05) is 26.3 Å². The van der Waals surface area contributed by atoms with E-state index in [4.69, 9.17) is 4.74 Å². The molecule has 0 saturated carbocycles. The van der Waals surface area contributed by atoms with Crippen molar-refractivity contribution in [3.05, 3.63) is 28.7 Å². The molecule has 18 heavy (non-hydrogen) atoms. The molecule has 0 amide bonds. The van der Waals surface area contributed by atoms with Crippen LogP contribution in [0.1, 0.15) is 5.01 Å². The molecule has 0 unspecified atom stereocenters. The molecule has 1 aliphatic rings. The highest BCUT2D eigenvalue weighted by Gasteiger charge is 2.11. The molecule has 0 aromatic carbocycles. The van der Waals surface area contributed by atoms with Gasteiger partial charge in [-0.05, 0) is 11.4 Å². The lowest BCUT2D eigenvalue weighted by molar-refractivity contribution is 0.0105. The van der Waals surface area contributed by atoms with Gasteiger partial charge in [0, 0.05) is 24.2 Å². The molecular weight excluding hydrogens is 266 g/mol. The highest BCUT2D eigenvalue weighted by atomic mass is 32.1. The highest BCUT2D eigenvalue weighted by Crippen LogP contribution is 2.29. The average molecular weight is 281 g/mol. The van der Waals surface area contributed by atoms with Gasteiger partial charge in [-0.2, -0.15) is 0 Å². The van der Waals surface area contributed by atoms with Gasteiger partial charge in [-0.3, -0.25) is 0 Å². The fraction of sp³-hybridized carbons (Fsp3) is 0.417. The first kappa shape index (κ1) is 12.3. The Kier molecular flexibility index (Phi) is 4.02. The predicted octanol–water partition coefficient (Wildman–Crippen LogP) is 2.21. The van der Waals surface area contributed by atoms with Crippen LogP contribution in [0, 0.1) is 0 Å². The van der Waals surface area contributed by atoms with Crippen molar-refractivity contribution < 1.29 is 4.74 Å². The van der Waals surface area contributed by atoms with Crippen molar-refractivity contribution in [2.45, 2.75) is 6.54 Å². The fourth-order valence-electron chi connectivity index (χ4n) is 1.83. The first-order chi connectivity index (χ1) is 8.92. The molecule has 0 bridgehead atoms. The van der Waals surface area contributed by atoms with Gasteiger partial charge in [0.2, 0.25) is 0 Å². The summed E-state index contributed by atoms with van der Waals surface area (Å²) in [5, 5.41) is 5.43. The summed E-state index contributed by atoms with van der Waals surface area (Å²) in [4.78, 5) is 7.01. The van der Waals surface area contributed by atoms with Crippen molar-refractivity contribution in [3.63, 3.8) is 0 Å². The van der Waals surface area contributed by atoms with Crippen molar-refractivity contribution >= 4 is 22.7 Å². The first-order valence-electron chi connectivity index (χ1n) is 5.96. The fourth-order valence-corrected chi connectivity index (χ4v) is 3.49. The summed E-state index contributed by atoms with van der Waals surface area (Å²) in [6.07, 6.45) is 1.97. The highest BCUT2D eigenvalue weighted by molar-refractivity contribution is 7.21. The van der Waals surface area contributed by atoms with Crippen LogP contribution in [0.15, 0.2) is 23.7 Å². The van der Waals surface area contributed by atoms with Crippen molar-refractivity contribution in [1.29, 1.82) is 0 Å². The van der Waals surface area contributed by atoms with E-state index in [0.29, 0.717) is 0 Å². The number of thiazole rings is 1. The lowest BCUT2D eigenvalue weighted by Crippen LogP contribution is -2.45. The van der Waals surface area contributed by atoms with Crippen molar-refractivity contribution in [3.8, 4) is 9.75 Å². The van der Waals surface area contributed by atoms with Crippen LogP contribution in [-0.2, 0) is 11.3 Å². The van der Waals surface area contributed by atoms with Gasteiger partial charge in [0.1, 0.15) is 5.01 Å². The van der Waals surface area contributed by atoms with Crippen LogP contribution in [0.4, 0.5) is 0 Å². The SMILES string of the molecule is c1csc(-c2cnc(CNN3CCOCC3)s2)c1. The third-order valence-corrected chi connectivity index (χ3v) is 4.85. The quantitative estimate of drug-likeness (QED) is 0.932. The number of aromatic nitrogens is 1. The number of nitrogens with zero attached hydrogens (tertiary/aromatic N) is 2. The number of rotatable bonds is 4. The molecule has 96 valence electrons. The number of nitrogens with one attached hydrogen (secondary N) is 1. The molecular formula is C12H15N3OS2. The molecule has 0 spiro atoms. The second-order valence-electron chi connectivity index (χ2n) is 4.03. The summed E-state index contributed by atoms with van der Waals surface area (Å²) >= 11 is 3.52. The van der Waals surface area contributed by atoms with Crippen LogP contribution < -0.4 is 5.43 Å². The van der Waals surface area contributed by atoms with E-state index < -0.39 is 0 Å². The number of hydrogen-bond donors (Lipinski definition) is 1. The Morgan fingerprint density at radius 1 is 1.33 bits per heavy atom. The molecule has 1 saturated heterocycles. The van der Waals surface area contributed by atoms with Crippen molar-refractivity contribution in [2.24, 2.45) is 0 Å². The Morgan fingerprint density at radius 3 is 3.00 bits per heavy atom. The summed E-state index contributed by atoms with van der Waals surface area (Å²) in [5.74, 6) is 0. The zero-order chi connectivity index (χ0) is 12.2. The number of hydrazine groups is 1. The number of thiophene rings is 1. The van der Waals surface area contributed by atoms with Gasteiger partial charge in [-0.15, -0.1) is 22.7 Å². The van der Waals surface area contributed by atoms with Gasteiger partial charge in [0.15, 0.2) is 0 Å². The minimum absolute atomic E-state index is 0.802. The topological polar surface area (TPSA) is 37.4 Å². The maximum Gasteiger partial charge on any atom is 0.108 e. The van der Waals surface area contributed by atoms with Crippen LogP contribution in [0.2, 0.25) is 0 Å². The Labute approximate surface area is 114 Å². The van der Waals surface area contributed by atoms with Gasteiger partial charge >= 0.3 is 0 Å². The van der Waals surface area contributed by atoms with Gasteiger partial charge in [0.25, 0.3) is 0 Å². The molecule has 0 radical (unpaired) electrons. The van der Waals surface area contributed by atoms with Gasteiger partial charge in [-0.25, -0.2) is 15.4 Å². The average Bonchev–Trinajstić information content (AvgIpc) is 3.08. The second kappa shape index (κ2) is 5.90. The molecule has 1 fully saturated rings. The minimum atomic E-state index is 0.802. The Hall–Kier alpha value is -0.790. The largest absolute Gasteiger partial charge is 0.379 e. The maximum atomic E-state index is 5.31. The molecule has 2 aromatic heterocycles. The maximum absolute atomic E-state index is 5.31. The van der Waals surface area contributed by atoms with E-state index in [0.717, 1.165) is 37.9 Å². The first-order valence-corrected chi connectivity index (χ1v) is 7.66. The van der Waals surface area contributed by atoms with E-state index in [1.54, 1.807) is 22.7 Å². The molecule has 2 aromatic rings. The van der Waals surface area contributed by atoms with Crippen LogP contribution in [-0.4, -0.2) is 36.3 Å². The zero-order valence-electron chi connectivity index (χ0n) is 9.96. The summed E-state index contributed by atoms with van der Waals surface area (Å²) in [7, 11) is 0. The Morgan fingerprint density at radius 2 is 2.22 bits per heavy atom. The zero-order valence-corrected chi connectivity index (χ0v) is 11.6. The molecule has 3 rings (SSSR count). The third-order valence-electron chi connectivity index (χ3n) is 2.78. The molecule has 0 aliphatic carbocycles. The van der Waals surface area contributed by atoms with Crippen LogP contribution in [0.3, 0.4) is 0 Å². The number of morpholine rings is 1. The van der Waals surface area contributed by atoms with Gasteiger partial charge in [-0.1, -0.05) is 6.07 Å². The van der Waals surface area contributed by atoms with Crippen LogP contribution in [0.25, 0.3) is 9.75 Å². The Balaban J connectivity index is 1.57. The lowest BCUT2D eigenvalue weighted by atomic mass is 10.4. The minimum Gasteiger partial charge on any atom is -0.379 e. The predicted molar refractivity (Wildman–Crippen MR) is 74.7 cm³/mol. The Bertz CT molecular complexity index is 477. The van der Waals surface area contributed by atoms with E-state index in [2.05, 4.69) is 32.9 Å². The number of ether oxygens (including phenoxy) is 1. The summed E-state index contributed by atoms with van der Waals surface area (Å²) in [6, 6.07) is 4.21. The van der Waals surface area contributed by atoms with Crippen LogP contribution >= 0.6 is 22.7 Å². The second-order valence-corrected chi connectivity index (χ2v) is 6.09. The van der Waals surface area contributed by atoms with Gasteiger partial charge < -0.3 is 4.74 Å². The standard InChI is InChI=1S/C12H15N3OS2/c1-2-10(17-7-1)11-8-13-12(18-11)9-14-15-3-5-16-6-4-15/h1-2,7-8,14H,3-6,9H2. The summed E-state index contributed by atoms with van der Waals surface area (Å²) in [5.41, 5.74) is 3.40. The van der Waals surface area contributed by atoms with Crippen molar-refractivity contribution in [1.82, 2.24) is 15.4 Å². The van der Waals surface area contributed by atoms with E-state index >= 15 is 0 Å². The van der Waals surface area contributed by atoms with E-state index in [-0.39, 0.29) is 0 Å². The number of hydrogen-bond acceptors (Lipinski definition) is 6. The monoisotopic (exact) mass is 281 g/mol. The van der Waals surface area contributed by atoms with E-state index in [1.807, 2.05) is 6.20 Å². The van der Waals surface area contributed by atoms with Crippen LogP contribution in [0.5, 0.6) is 0 Å². The molecule has 6 heteroatoms. The normalized spacial score (nSPS) is 17.1. The molecule has 3 heterocycles. The van der Waals surface area contributed by atoms with E-state index in [9.17, 15) is 0 Å². The summed E-state index contributed by atoms with van der Waals surface area (Å²) < 4.78 is 5.31. The summed E-state index contributed by atoms with van der Waals surface area (Å²) in [6.45, 7) is 4.32. The van der Waals surface area contributed by atoms with E-state index in [1.165, 1.54) is 9.75 Å². The molecule has 0 atom stereocenters. The molecule has 4 nitrogen and oxygen atoms in total.